The minimum absolute atomic E-state index is 0.0668. The summed E-state index contributed by atoms with van der Waals surface area (Å²) in [5.74, 6) is 0.130. The zero-order valence-corrected chi connectivity index (χ0v) is 15.0. The Morgan fingerprint density at radius 3 is 2.58 bits per heavy atom. The second-order valence-electron chi connectivity index (χ2n) is 6.88. The number of para-hydroxylation sites is 1. The van der Waals surface area contributed by atoms with Gasteiger partial charge in [0.05, 0.1) is 15.8 Å². The third-order valence-electron chi connectivity index (χ3n) is 3.76. The molecule has 1 aromatic heterocycles. The molecule has 1 heterocycles. The van der Waals surface area contributed by atoms with Crippen molar-refractivity contribution in [3.05, 3.63) is 42.0 Å². The van der Waals surface area contributed by atoms with E-state index in [-0.39, 0.29) is 11.7 Å². The molecule has 3 aromatic rings. The number of hydrogen-bond acceptors (Lipinski definition) is 4. The molecule has 0 saturated carbocycles. The lowest BCUT2D eigenvalue weighted by atomic mass is 9.95. The summed E-state index contributed by atoms with van der Waals surface area (Å²) in [6, 6.07) is 11.4. The summed E-state index contributed by atoms with van der Waals surface area (Å²) in [5.41, 5.74) is 2.43. The predicted molar refractivity (Wildman–Crippen MR) is 99.5 cm³/mol. The molecule has 3 rings (SSSR count). The number of aromatic nitrogens is 1. The second-order valence-corrected chi connectivity index (χ2v) is 7.91. The van der Waals surface area contributed by atoms with Crippen LogP contribution in [0.25, 0.3) is 20.8 Å². The molecule has 24 heavy (non-hydrogen) atoms. The van der Waals surface area contributed by atoms with Crippen molar-refractivity contribution in [1.82, 2.24) is 4.98 Å². The Balaban J connectivity index is 2.06. The molecule has 0 bridgehead atoms. The second kappa shape index (κ2) is 5.91. The highest BCUT2D eigenvalue weighted by Gasteiger charge is 2.22. The van der Waals surface area contributed by atoms with Crippen molar-refractivity contribution in [2.75, 3.05) is 5.32 Å². The van der Waals surface area contributed by atoms with Gasteiger partial charge in [-0.3, -0.25) is 4.79 Å². The van der Waals surface area contributed by atoms with E-state index < -0.39 is 5.41 Å². The topological polar surface area (TPSA) is 62.2 Å². The summed E-state index contributed by atoms with van der Waals surface area (Å²) in [5, 5.41) is 14.1. The number of aryl methyl sites for hydroxylation is 1. The molecule has 1 amide bonds. The Kier molecular flexibility index (Phi) is 4.05. The maximum absolute atomic E-state index is 12.2. The van der Waals surface area contributed by atoms with E-state index in [1.807, 2.05) is 52.0 Å². The number of nitrogens with zero attached hydrogens (tertiary/aromatic N) is 1. The third-order valence-corrected chi connectivity index (χ3v) is 4.83. The van der Waals surface area contributed by atoms with Crippen LogP contribution in [0.15, 0.2) is 36.4 Å². The van der Waals surface area contributed by atoms with Crippen LogP contribution in [0, 0.1) is 12.3 Å². The largest absolute Gasteiger partial charge is 0.507 e. The molecule has 0 aliphatic heterocycles. The maximum Gasteiger partial charge on any atom is 0.229 e. The number of benzene rings is 2. The molecule has 2 N–H and O–H groups in total. The Labute approximate surface area is 145 Å². The number of phenolic OH excluding ortho intramolecular Hbond substituents is 1. The first-order chi connectivity index (χ1) is 11.3. The standard InChI is InChI=1S/C19H20N2O2S/c1-11-9-12(20-18(23)19(2,3)4)10-13(16(11)22)17-21-14-7-5-6-8-15(14)24-17/h5-10,22H,1-4H3,(H,20,23). The molecule has 0 atom stereocenters. The number of thiazole rings is 1. The van der Waals surface area contributed by atoms with Gasteiger partial charge in [0.1, 0.15) is 10.8 Å². The lowest BCUT2D eigenvalue weighted by Gasteiger charge is -2.18. The van der Waals surface area contributed by atoms with Gasteiger partial charge in [-0.05, 0) is 36.8 Å². The van der Waals surface area contributed by atoms with Gasteiger partial charge in [-0.1, -0.05) is 32.9 Å². The molecule has 0 radical (unpaired) electrons. The summed E-state index contributed by atoms with van der Waals surface area (Å²) >= 11 is 1.52. The van der Waals surface area contributed by atoms with E-state index in [1.54, 1.807) is 12.1 Å². The Hall–Kier alpha value is -2.40. The number of phenols is 1. The van der Waals surface area contributed by atoms with E-state index in [4.69, 9.17) is 0 Å². The number of aromatic hydroxyl groups is 1. The van der Waals surface area contributed by atoms with Crippen molar-refractivity contribution >= 4 is 33.1 Å². The van der Waals surface area contributed by atoms with Crippen LogP contribution >= 0.6 is 11.3 Å². The monoisotopic (exact) mass is 340 g/mol. The van der Waals surface area contributed by atoms with Crippen LogP contribution in [-0.4, -0.2) is 16.0 Å². The van der Waals surface area contributed by atoms with Crippen LogP contribution in [-0.2, 0) is 4.79 Å². The fourth-order valence-corrected chi connectivity index (χ4v) is 3.30. The molecule has 4 nitrogen and oxygen atoms in total. The number of amides is 1. The highest BCUT2D eigenvalue weighted by molar-refractivity contribution is 7.21. The van der Waals surface area contributed by atoms with Crippen molar-refractivity contribution in [1.29, 1.82) is 0 Å². The van der Waals surface area contributed by atoms with Crippen LogP contribution in [0.1, 0.15) is 26.3 Å². The number of rotatable bonds is 2. The maximum atomic E-state index is 12.2. The number of hydrogen-bond donors (Lipinski definition) is 2. The molecule has 0 unspecified atom stereocenters. The SMILES string of the molecule is Cc1cc(NC(=O)C(C)(C)C)cc(-c2nc3ccccc3s2)c1O. The van der Waals surface area contributed by atoms with Crippen molar-refractivity contribution in [2.45, 2.75) is 27.7 Å². The normalized spacial score (nSPS) is 11.7. The molecule has 124 valence electrons. The number of carbonyl (C=O) groups excluding carboxylic acids is 1. The van der Waals surface area contributed by atoms with E-state index in [2.05, 4.69) is 10.3 Å². The number of carbonyl (C=O) groups is 1. The lowest BCUT2D eigenvalue weighted by Crippen LogP contribution is -2.27. The fourth-order valence-electron chi connectivity index (χ4n) is 2.32. The molecule has 0 fully saturated rings. The first kappa shape index (κ1) is 16.5. The highest BCUT2D eigenvalue weighted by Crippen LogP contribution is 2.39. The number of anilines is 1. The van der Waals surface area contributed by atoms with Gasteiger partial charge in [0.2, 0.25) is 5.91 Å². The molecule has 0 spiro atoms. The van der Waals surface area contributed by atoms with Crippen molar-refractivity contribution in [2.24, 2.45) is 5.41 Å². The smallest absolute Gasteiger partial charge is 0.229 e. The molecule has 5 heteroatoms. The van der Waals surface area contributed by atoms with Crippen molar-refractivity contribution in [3.8, 4) is 16.3 Å². The molecular formula is C19H20N2O2S. The van der Waals surface area contributed by atoms with Gasteiger partial charge in [-0.15, -0.1) is 11.3 Å². The summed E-state index contributed by atoms with van der Waals surface area (Å²) in [4.78, 5) is 16.8. The first-order valence-corrected chi connectivity index (χ1v) is 8.58. The third kappa shape index (κ3) is 3.12. The zero-order valence-electron chi connectivity index (χ0n) is 14.2. The summed E-state index contributed by atoms with van der Waals surface area (Å²) in [6.45, 7) is 7.41. The molecule has 0 saturated heterocycles. The molecule has 0 aliphatic carbocycles. The highest BCUT2D eigenvalue weighted by atomic mass is 32.1. The van der Waals surface area contributed by atoms with Crippen LogP contribution in [0.4, 0.5) is 5.69 Å². The van der Waals surface area contributed by atoms with Gasteiger partial charge in [-0.25, -0.2) is 4.98 Å². The molecular weight excluding hydrogens is 320 g/mol. The van der Waals surface area contributed by atoms with E-state index >= 15 is 0 Å². The average molecular weight is 340 g/mol. The van der Waals surface area contributed by atoms with Crippen LogP contribution in [0.3, 0.4) is 0 Å². The van der Waals surface area contributed by atoms with Gasteiger partial charge >= 0.3 is 0 Å². The van der Waals surface area contributed by atoms with Crippen LogP contribution < -0.4 is 5.32 Å². The minimum Gasteiger partial charge on any atom is -0.507 e. The number of nitrogens with one attached hydrogen (secondary N) is 1. The zero-order chi connectivity index (χ0) is 17.5. The van der Waals surface area contributed by atoms with Crippen LogP contribution in [0.5, 0.6) is 5.75 Å². The average Bonchev–Trinajstić information content (AvgIpc) is 2.93. The summed E-state index contributed by atoms with van der Waals surface area (Å²) in [7, 11) is 0. The van der Waals surface area contributed by atoms with E-state index in [9.17, 15) is 9.90 Å². The quantitative estimate of drug-likeness (QED) is 0.648. The fraction of sp³-hybridized carbons (Fsp3) is 0.263. The first-order valence-electron chi connectivity index (χ1n) is 7.77. The predicted octanol–water partition coefficient (Wildman–Crippen LogP) is 4.96. The van der Waals surface area contributed by atoms with Crippen LogP contribution in [0.2, 0.25) is 0 Å². The van der Waals surface area contributed by atoms with Gasteiger partial charge < -0.3 is 10.4 Å². The van der Waals surface area contributed by atoms with E-state index in [0.717, 1.165) is 15.2 Å². The van der Waals surface area contributed by atoms with E-state index in [1.165, 1.54) is 11.3 Å². The van der Waals surface area contributed by atoms with Gasteiger partial charge in [-0.2, -0.15) is 0 Å². The Morgan fingerprint density at radius 2 is 1.92 bits per heavy atom. The van der Waals surface area contributed by atoms with Gasteiger partial charge in [0.15, 0.2) is 0 Å². The van der Waals surface area contributed by atoms with E-state index in [0.29, 0.717) is 16.8 Å². The number of fused-ring (bicyclic) bond motifs is 1. The molecule has 2 aromatic carbocycles. The van der Waals surface area contributed by atoms with Gasteiger partial charge in [0.25, 0.3) is 0 Å². The lowest BCUT2D eigenvalue weighted by molar-refractivity contribution is -0.123. The Bertz CT molecular complexity index is 890. The van der Waals surface area contributed by atoms with Gasteiger partial charge in [0, 0.05) is 11.1 Å². The Morgan fingerprint density at radius 1 is 1.21 bits per heavy atom. The van der Waals surface area contributed by atoms with Crippen molar-refractivity contribution < 1.29 is 9.90 Å². The summed E-state index contributed by atoms with van der Waals surface area (Å²) in [6.07, 6.45) is 0. The van der Waals surface area contributed by atoms with Crippen molar-refractivity contribution in [3.63, 3.8) is 0 Å². The summed E-state index contributed by atoms with van der Waals surface area (Å²) < 4.78 is 1.06. The minimum atomic E-state index is -0.484. The molecule has 0 aliphatic rings.